The van der Waals surface area contributed by atoms with Gasteiger partial charge in [-0.25, -0.2) is 0 Å². The van der Waals surface area contributed by atoms with Crippen LogP contribution in [-0.4, -0.2) is 35.7 Å². The summed E-state index contributed by atoms with van der Waals surface area (Å²) >= 11 is 0. The van der Waals surface area contributed by atoms with Crippen molar-refractivity contribution in [3.63, 3.8) is 0 Å². The highest BCUT2D eigenvalue weighted by Gasteiger charge is 2.34. The normalized spacial score (nSPS) is 16.0. The Hall–Kier alpha value is -1.39. The SMILES string of the molecule is CC.CC.CC.CC(=O)NCCN1C(=O)CC(C)C1=O. The number of likely N-dealkylation sites (tertiary alicyclic amines) is 1. The number of carbonyl (C=O) groups excluding carboxylic acids is 3. The van der Waals surface area contributed by atoms with Crippen molar-refractivity contribution in [2.75, 3.05) is 13.1 Å². The van der Waals surface area contributed by atoms with Gasteiger partial charge in [-0.2, -0.15) is 0 Å². The van der Waals surface area contributed by atoms with Crippen LogP contribution in [0.4, 0.5) is 0 Å². The molecule has 0 aliphatic carbocycles. The van der Waals surface area contributed by atoms with Crippen LogP contribution in [0.1, 0.15) is 61.8 Å². The summed E-state index contributed by atoms with van der Waals surface area (Å²) in [6.07, 6.45) is 0.291. The first-order valence-electron chi connectivity index (χ1n) is 7.61. The Morgan fingerprint density at radius 1 is 1.15 bits per heavy atom. The number of hydrogen-bond donors (Lipinski definition) is 1. The molecule has 1 aliphatic heterocycles. The topological polar surface area (TPSA) is 66.5 Å². The molecule has 20 heavy (non-hydrogen) atoms. The van der Waals surface area contributed by atoms with Gasteiger partial charge < -0.3 is 5.32 Å². The molecule has 1 heterocycles. The quantitative estimate of drug-likeness (QED) is 0.812. The maximum atomic E-state index is 11.4. The monoisotopic (exact) mass is 288 g/mol. The minimum Gasteiger partial charge on any atom is -0.355 e. The number of nitrogens with one attached hydrogen (secondary N) is 1. The lowest BCUT2D eigenvalue weighted by molar-refractivity contribution is -0.139. The van der Waals surface area contributed by atoms with Crippen LogP contribution in [0.2, 0.25) is 0 Å². The summed E-state index contributed by atoms with van der Waals surface area (Å²) < 4.78 is 0. The van der Waals surface area contributed by atoms with E-state index in [0.717, 1.165) is 0 Å². The molecule has 120 valence electrons. The van der Waals surface area contributed by atoms with E-state index in [9.17, 15) is 14.4 Å². The molecule has 1 saturated heterocycles. The van der Waals surface area contributed by atoms with Crippen LogP contribution in [0.5, 0.6) is 0 Å². The highest BCUT2D eigenvalue weighted by atomic mass is 16.2. The molecule has 1 fully saturated rings. The second-order valence-corrected chi connectivity index (χ2v) is 3.47. The summed E-state index contributed by atoms with van der Waals surface area (Å²) in [4.78, 5) is 34.4. The van der Waals surface area contributed by atoms with Gasteiger partial charge in [0.15, 0.2) is 0 Å². The smallest absolute Gasteiger partial charge is 0.232 e. The molecule has 0 bridgehead atoms. The fraction of sp³-hybridized carbons (Fsp3) is 0.800. The van der Waals surface area contributed by atoms with Gasteiger partial charge >= 0.3 is 0 Å². The van der Waals surface area contributed by atoms with Crippen LogP contribution in [-0.2, 0) is 14.4 Å². The minimum absolute atomic E-state index is 0.139. The fourth-order valence-corrected chi connectivity index (χ4v) is 1.43. The summed E-state index contributed by atoms with van der Waals surface area (Å²) in [6.45, 7) is 15.7. The molecule has 0 radical (unpaired) electrons. The van der Waals surface area contributed by atoms with Gasteiger partial charge in [0.25, 0.3) is 0 Å². The van der Waals surface area contributed by atoms with Crippen LogP contribution in [0.15, 0.2) is 0 Å². The Morgan fingerprint density at radius 3 is 1.90 bits per heavy atom. The molecule has 0 spiro atoms. The predicted octanol–water partition coefficient (Wildman–Crippen LogP) is 2.60. The molecule has 1 aliphatic rings. The molecule has 3 amide bonds. The number of nitrogens with zero attached hydrogens (tertiary/aromatic N) is 1. The standard InChI is InChI=1S/C9H14N2O3.3C2H6/c1-6-5-8(13)11(9(6)14)4-3-10-7(2)12;3*1-2/h6H,3-5H2,1-2H3,(H,10,12);3*1-2H3. The molecule has 5 nitrogen and oxygen atoms in total. The predicted molar refractivity (Wildman–Crippen MR) is 83.2 cm³/mol. The van der Waals surface area contributed by atoms with Crippen molar-refractivity contribution in [3.05, 3.63) is 0 Å². The van der Waals surface area contributed by atoms with Gasteiger partial charge in [0, 0.05) is 32.4 Å². The van der Waals surface area contributed by atoms with Crippen molar-refractivity contribution in [3.8, 4) is 0 Å². The summed E-state index contributed by atoms with van der Waals surface area (Å²) in [5.41, 5.74) is 0. The van der Waals surface area contributed by atoms with E-state index in [4.69, 9.17) is 0 Å². The first-order chi connectivity index (χ1) is 9.52. The molecule has 1 N–H and O–H groups in total. The summed E-state index contributed by atoms with van der Waals surface area (Å²) in [6, 6.07) is 0. The molecule has 0 aromatic carbocycles. The molecule has 1 atom stereocenters. The zero-order valence-electron chi connectivity index (χ0n) is 14.4. The molecular weight excluding hydrogens is 256 g/mol. The van der Waals surface area contributed by atoms with E-state index in [1.807, 2.05) is 41.5 Å². The van der Waals surface area contributed by atoms with Crippen LogP contribution in [0.3, 0.4) is 0 Å². The number of imide groups is 1. The number of hydrogen-bond acceptors (Lipinski definition) is 3. The van der Waals surface area contributed by atoms with Crippen LogP contribution < -0.4 is 5.32 Å². The van der Waals surface area contributed by atoms with E-state index in [1.165, 1.54) is 11.8 Å². The van der Waals surface area contributed by atoms with E-state index < -0.39 is 0 Å². The van der Waals surface area contributed by atoms with Crippen molar-refractivity contribution in [2.45, 2.75) is 61.8 Å². The van der Waals surface area contributed by atoms with E-state index in [0.29, 0.717) is 13.0 Å². The van der Waals surface area contributed by atoms with Gasteiger partial charge in [0.2, 0.25) is 17.7 Å². The third-order valence-corrected chi connectivity index (χ3v) is 2.18. The van der Waals surface area contributed by atoms with Gasteiger partial charge in [-0.3, -0.25) is 19.3 Å². The highest BCUT2D eigenvalue weighted by Crippen LogP contribution is 2.17. The lowest BCUT2D eigenvalue weighted by atomic mass is 10.1. The van der Waals surface area contributed by atoms with Crippen molar-refractivity contribution < 1.29 is 14.4 Å². The van der Waals surface area contributed by atoms with Crippen molar-refractivity contribution in [1.82, 2.24) is 10.2 Å². The van der Waals surface area contributed by atoms with Crippen LogP contribution in [0.25, 0.3) is 0 Å². The lowest BCUT2D eigenvalue weighted by Crippen LogP contribution is -2.37. The molecule has 1 rings (SSSR count). The third-order valence-electron chi connectivity index (χ3n) is 2.18. The van der Waals surface area contributed by atoms with E-state index in [-0.39, 0.29) is 30.2 Å². The van der Waals surface area contributed by atoms with E-state index in [2.05, 4.69) is 5.32 Å². The zero-order valence-corrected chi connectivity index (χ0v) is 14.4. The minimum atomic E-state index is -0.208. The molecular formula is C15H32N2O3. The number of amides is 3. The zero-order chi connectivity index (χ0) is 16.7. The Morgan fingerprint density at radius 2 is 1.60 bits per heavy atom. The average Bonchev–Trinajstić information content (AvgIpc) is 2.71. The second-order valence-electron chi connectivity index (χ2n) is 3.47. The van der Waals surface area contributed by atoms with Crippen molar-refractivity contribution in [1.29, 1.82) is 0 Å². The Labute approximate surface area is 124 Å². The van der Waals surface area contributed by atoms with Gasteiger partial charge in [-0.15, -0.1) is 0 Å². The third kappa shape index (κ3) is 9.53. The second kappa shape index (κ2) is 15.7. The van der Waals surface area contributed by atoms with Gasteiger partial charge in [0.05, 0.1) is 0 Å². The summed E-state index contributed by atoms with van der Waals surface area (Å²) in [5, 5.41) is 2.54. The average molecular weight is 288 g/mol. The molecule has 0 saturated carbocycles. The first kappa shape index (κ1) is 23.7. The fourth-order valence-electron chi connectivity index (χ4n) is 1.43. The Balaban J connectivity index is -0.000000425. The van der Waals surface area contributed by atoms with Crippen molar-refractivity contribution in [2.24, 2.45) is 5.92 Å². The highest BCUT2D eigenvalue weighted by molar-refractivity contribution is 6.03. The summed E-state index contributed by atoms with van der Waals surface area (Å²) in [5.74, 6) is -0.648. The largest absolute Gasteiger partial charge is 0.355 e. The maximum Gasteiger partial charge on any atom is 0.232 e. The Kier molecular flexibility index (Phi) is 18.6. The van der Waals surface area contributed by atoms with Crippen molar-refractivity contribution >= 4 is 17.7 Å². The summed E-state index contributed by atoms with van der Waals surface area (Å²) in [7, 11) is 0. The first-order valence-corrected chi connectivity index (χ1v) is 7.61. The molecule has 5 heteroatoms. The Bertz CT molecular complexity index is 278. The van der Waals surface area contributed by atoms with Crippen LogP contribution >= 0.6 is 0 Å². The van der Waals surface area contributed by atoms with Gasteiger partial charge in [0.1, 0.15) is 0 Å². The molecule has 0 aromatic rings. The molecule has 0 aromatic heterocycles. The molecule has 1 unspecified atom stereocenters. The van der Waals surface area contributed by atoms with Crippen LogP contribution in [0, 0.1) is 5.92 Å². The van der Waals surface area contributed by atoms with E-state index in [1.54, 1.807) is 6.92 Å². The van der Waals surface area contributed by atoms with Gasteiger partial charge in [-0.1, -0.05) is 48.5 Å². The number of carbonyl (C=O) groups is 3. The maximum absolute atomic E-state index is 11.4. The number of rotatable bonds is 3. The van der Waals surface area contributed by atoms with E-state index >= 15 is 0 Å². The lowest BCUT2D eigenvalue weighted by Gasteiger charge is -2.13. The van der Waals surface area contributed by atoms with Gasteiger partial charge in [-0.05, 0) is 0 Å².